The second-order valence-electron chi connectivity index (χ2n) is 3.65. The van der Waals surface area contributed by atoms with E-state index in [1.165, 1.54) is 18.2 Å². The summed E-state index contributed by atoms with van der Waals surface area (Å²) >= 11 is 0. The first-order valence-corrected chi connectivity index (χ1v) is 6.78. The summed E-state index contributed by atoms with van der Waals surface area (Å²) in [5, 5.41) is 0. The number of para-hydroxylation sites is 1. The molecule has 0 aliphatic carbocycles. The van der Waals surface area contributed by atoms with Crippen molar-refractivity contribution in [1.82, 2.24) is 0 Å². The van der Waals surface area contributed by atoms with Crippen LogP contribution in [0.4, 0.5) is 18.9 Å². The molecule has 2 N–H and O–H groups in total. The van der Waals surface area contributed by atoms with Gasteiger partial charge in [-0.2, -0.15) is 13.2 Å². The highest BCUT2D eigenvalue weighted by molar-refractivity contribution is 7.90. The van der Waals surface area contributed by atoms with Gasteiger partial charge in [-0.1, -0.05) is 6.07 Å². The molecule has 0 radical (unpaired) electrons. The molecule has 0 heterocycles. The van der Waals surface area contributed by atoms with Crippen molar-refractivity contribution in [2.45, 2.75) is 17.5 Å². The van der Waals surface area contributed by atoms with Crippen LogP contribution in [0.25, 0.3) is 0 Å². The lowest BCUT2D eigenvalue weighted by Gasteiger charge is -2.12. The molecule has 8 heteroatoms. The number of halogens is 3. The molecule has 0 fully saturated rings. The molecular weight excluding hydrogens is 271 g/mol. The van der Waals surface area contributed by atoms with Crippen LogP contribution in [0.1, 0.15) is 6.42 Å². The standard InChI is InChI=1S/C10H12F3NO3S/c1-18(15,16)8-4-2-3-7(9(8)14)17-6-5-10(11,12)13/h2-4H,5-6,14H2,1H3. The second kappa shape index (κ2) is 5.05. The van der Waals surface area contributed by atoms with Crippen LogP contribution in [0.5, 0.6) is 5.75 Å². The Bertz CT molecular complexity index is 526. The van der Waals surface area contributed by atoms with E-state index in [9.17, 15) is 21.6 Å². The van der Waals surface area contributed by atoms with Gasteiger partial charge >= 0.3 is 6.18 Å². The fourth-order valence-electron chi connectivity index (χ4n) is 1.25. The zero-order valence-corrected chi connectivity index (χ0v) is 10.3. The minimum atomic E-state index is -4.33. The van der Waals surface area contributed by atoms with Gasteiger partial charge in [0, 0.05) is 6.26 Å². The molecule has 0 aliphatic heterocycles. The van der Waals surface area contributed by atoms with Gasteiger partial charge in [-0.15, -0.1) is 0 Å². The molecule has 18 heavy (non-hydrogen) atoms. The largest absolute Gasteiger partial charge is 0.491 e. The number of ether oxygens (including phenoxy) is 1. The van der Waals surface area contributed by atoms with Crippen LogP contribution in [0.3, 0.4) is 0 Å². The number of anilines is 1. The van der Waals surface area contributed by atoms with Gasteiger partial charge in [0.05, 0.1) is 23.6 Å². The van der Waals surface area contributed by atoms with Crippen molar-refractivity contribution in [3.63, 3.8) is 0 Å². The Hall–Kier alpha value is -1.44. The van der Waals surface area contributed by atoms with E-state index in [2.05, 4.69) is 0 Å². The summed E-state index contributed by atoms with van der Waals surface area (Å²) in [6, 6.07) is 3.94. The van der Waals surface area contributed by atoms with E-state index in [1.807, 2.05) is 0 Å². The first-order valence-electron chi connectivity index (χ1n) is 4.89. The van der Waals surface area contributed by atoms with E-state index < -0.39 is 29.0 Å². The Morgan fingerprint density at radius 2 is 1.94 bits per heavy atom. The van der Waals surface area contributed by atoms with Crippen molar-refractivity contribution in [1.29, 1.82) is 0 Å². The lowest BCUT2D eigenvalue weighted by molar-refractivity contribution is -0.139. The van der Waals surface area contributed by atoms with Gasteiger partial charge in [0.1, 0.15) is 5.75 Å². The molecule has 0 bridgehead atoms. The first-order chi connectivity index (χ1) is 8.11. The highest BCUT2D eigenvalue weighted by atomic mass is 32.2. The maximum absolute atomic E-state index is 11.9. The number of hydrogen-bond donors (Lipinski definition) is 1. The van der Waals surface area contributed by atoms with Gasteiger partial charge in [-0.3, -0.25) is 0 Å². The Morgan fingerprint density at radius 1 is 1.33 bits per heavy atom. The Balaban J connectivity index is 2.86. The van der Waals surface area contributed by atoms with Crippen molar-refractivity contribution in [2.75, 3.05) is 18.6 Å². The fraction of sp³-hybridized carbons (Fsp3) is 0.400. The molecule has 0 atom stereocenters. The van der Waals surface area contributed by atoms with Crippen molar-refractivity contribution in [3.05, 3.63) is 18.2 Å². The maximum atomic E-state index is 11.9. The highest BCUT2D eigenvalue weighted by Gasteiger charge is 2.27. The summed E-state index contributed by atoms with van der Waals surface area (Å²) in [4.78, 5) is -0.160. The lowest BCUT2D eigenvalue weighted by Crippen LogP contribution is -2.14. The Morgan fingerprint density at radius 3 is 2.44 bits per heavy atom. The molecule has 0 saturated carbocycles. The molecule has 0 spiro atoms. The zero-order valence-electron chi connectivity index (χ0n) is 9.49. The smallest absolute Gasteiger partial charge is 0.392 e. The van der Waals surface area contributed by atoms with Gasteiger partial charge in [-0.25, -0.2) is 8.42 Å². The number of alkyl halides is 3. The molecule has 1 rings (SSSR count). The van der Waals surface area contributed by atoms with Gasteiger partial charge < -0.3 is 10.5 Å². The third-order valence-corrected chi connectivity index (χ3v) is 3.22. The van der Waals surface area contributed by atoms with Gasteiger partial charge in [0.25, 0.3) is 0 Å². The Kier molecular flexibility index (Phi) is 4.10. The number of rotatable bonds is 4. The van der Waals surface area contributed by atoms with Crippen molar-refractivity contribution in [2.24, 2.45) is 0 Å². The molecular formula is C10H12F3NO3S. The number of nitrogen functional groups attached to an aromatic ring is 1. The van der Waals surface area contributed by atoms with Crippen LogP contribution in [0.2, 0.25) is 0 Å². The molecule has 0 amide bonds. The third-order valence-electron chi connectivity index (χ3n) is 2.07. The van der Waals surface area contributed by atoms with Gasteiger partial charge in [0.2, 0.25) is 0 Å². The number of sulfone groups is 1. The number of benzene rings is 1. The maximum Gasteiger partial charge on any atom is 0.392 e. The van der Waals surface area contributed by atoms with E-state index in [1.54, 1.807) is 0 Å². The zero-order chi connectivity index (χ0) is 14.0. The van der Waals surface area contributed by atoms with Crippen LogP contribution < -0.4 is 10.5 Å². The fourth-order valence-corrected chi connectivity index (χ4v) is 2.08. The average Bonchev–Trinajstić information content (AvgIpc) is 2.17. The number of nitrogens with two attached hydrogens (primary N) is 1. The molecule has 0 unspecified atom stereocenters. The highest BCUT2D eigenvalue weighted by Crippen LogP contribution is 2.29. The molecule has 0 aromatic heterocycles. The molecule has 0 aliphatic rings. The van der Waals surface area contributed by atoms with Crippen molar-refractivity contribution < 1.29 is 26.3 Å². The molecule has 1 aromatic carbocycles. The molecule has 4 nitrogen and oxygen atoms in total. The van der Waals surface area contributed by atoms with Crippen LogP contribution in [-0.4, -0.2) is 27.5 Å². The van der Waals surface area contributed by atoms with Crippen molar-refractivity contribution >= 4 is 15.5 Å². The Labute approximate surface area is 102 Å². The van der Waals surface area contributed by atoms with E-state index >= 15 is 0 Å². The molecule has 1 aromatic rings. The van der Waals surface area contributed by atoms with Crippen molar-refractivity contribution in [3.8, 4) is 5.75 Å². The minimum Gasteiger partial charge on any atom is -0.491 e. The SMILES string of the molecule is CS(=O)(=O)c1cccc(OCCC(F)(F)F)c1N. The normalized spacial score (nSPS) is 12.4. The first kappa shape index (κ1) is 14.6. The number of hydrogen-bond acceptors (Lipinski definition) is 4. The van der Waals surface area contributed by atoms with Crippen LogP contribution in [-0.2, 0) is 9.84 Å². The topological polar surface area (TPSA) is 69.4 Å². The lowest BCUT2D eigenvalue weighted by atomic mass is 10.3. The third kappa shape index (κ3) is 4.10. The summed E-state index contributed by atoms with van der Waals surface area (Å²) in [7, 11) is -3.54. The summed E-state index contributed by atoms with van der Waals surface area (Å²) in [6.45, 7) is -0.610. The summed E-state index contributed by atoms with van der Waals surface area (Å²) in [5.41, 5.74) is 5.36. The molecule has 102 valence electrons. The van der Waals surface area contributed by atoms with Crippen LogP contribution in [0.15, 0.2) is 23.1 Å². The predicted molar refractivity (Wildman–Crippen MR) is 60.1 cm³/mol. The molecule has 0 saturated heterocycles. The second-order valence-corrected chi connectivity index (χ2v) is 5.64. The average molecular weight is 283 g/mol. The van der Waals surface area contributed by atoms with E-state index in [4.69, 9.17) is 10.5 Å². The summed E-state index contributed by atoms with van der Waals surface area (Å²) in [5.74, 6) is -0.0674. The van der Waals surface area contributed by atoms with Crippen LogP contribution >= 0.6 is 0 Å². The predicted octanol–water partition coefficient (Wildman–Crippen LogP) is 2.00. The van der Waals surface area contributed by atoms with E-state index in [-0.39, 0.29) is 16.3 Å². The van der Waals surface area contributed by atoms with Gasteiger partial charge in [-0.05, 0) is 12.1 Å². The quantitative estimate of drug-likeness (QED) is 0.858. The summed E-state index contributed by atoms with van der Waals surface area (Å²) in [6.07, 6.45) is -4.50. The summed E-state index contributed by atoms with van der Waals surface area (Å²) < 4.78 is 63.2. The minimum absolute atomic E-state index is 0.0674. The van der Waals surface area contributed by atoms with E-state index in [0.29, 0.717) is 0 Å². The van der Waals surface area contributed by atoms with Gasteiger partial charge in [0.15, 0.2) is 9.84 Å². The monoisotopic (exact) mass is 283 g/mol. The van der Waals surface area contributed by atoms with Crippen LogP contribution in [0, 0.1) is 0 Å². The van der Waals surface area contributed by atoms with E-state index in [0.717, 1.165) is 6.26 Å².